The molecule has 19 heavy (non-hydrogen) atoms. The van der Waals surface area contributed by atoms with Gasteiger partial charge in [-0.25, -0.2) is 0 Å². The zero-order valence-electron chi connectivity index (χ0n) is 11.3. The maximum absolute atomic E-state index is 12.3. The van der Waals surface area contributed by atoms with Gasteiger partial charge in [0.1, 0.15) is 0 Å². The summed E-state index contributed by atoms with van der Waals surface area (Å²) in [5.74, 6) is -0.0220. The van der Waals surface area contributed by atoms with Crippen LogP contribution in [0.1, 0.15) is 49.9 Å². The van der Waals surface area contributed by atoms with Crippen LogP contribution >= 0.6 is 27.5 Å². The van der Waals surface area contributed by atoms with Crippen LogP contribution in [0.15, 0.2) is 22.7 Å². The van der Waals surface area contributed by atoms with Crippen molar-refractivity contribution in [1.82, 2.24) is 5.32 Å². The molecule has 0 spiro atoms. The Kier molecular flexibility index (Phi) is 4.57. The fourth-order valence-corrected chi connectivity index (χ4v) is 3.62. The lowest BCUT2D eigenvalue weighted by Crippen LogP contribution is -2.40. The summed E-state index contributed by atoms with van der Waals surface area (Å²) in [6, 6.07) is 5.53. The molecule has 1 saturated carbocycles. The van der Waals surface area contributed by atoms with Crippen LogP contribution in [0.25, 0.3) is 0 Å². The first-order valence-electron chi connectivity index (χ1n) is 6.63. The Hall–Kier alpha value is -0.540. The van der Waals surface area contributed by atoms with Crippen molar-refractivity contribution in [2.75, 3.05) is 0 Å². The summed E-state index contributed by atoms with van der Waals surface area (Å²) in [7, 11) is 0. The van der Waals surface area contributed by atoms with Gasteiger partial charge in [-0.05, 0) is 58.8 Å². The van der Waals surface area contributed by atoms with Crippen LogP contribution in [0, 0.1) is 5.41 Å². The second kappa shape index (κ2) is 5.84. The number of carbonyl (C=O) groups excluding carboxylic acids is 1. The lowest BCUT2D eigenvalue weighted by molar-refractivity contribution is 0.0902. The minimum atomic E-state index is -0.0220. The average molecular weight is 345 g/mol. The van der Waals surface area contributed by atoms with Gasteiger partial charge in [0.05, 0.1) is 5.56 Å². The van der Waals surface area contributed by atoms with Gasteiger partial charge in [-0.2, -0.15) is 0 Å². The third-order valence-electron chi connectivity index (χ3n) is 3.72. The van der Waals surface area contributed by atoms with Crippen molar-refractivity contribution >= 4 is 33.4 Å². The molecule has 1 unspecified atom stereocenters. The van der Waals surface area contributed by atoms with Crippen LogP contribution in [0.5, 0.6) is 0 Å². The molecule has 0 bridgehead atoms. The Balaban J connectivity index is 2.04. The number of carbonyl (C=O) groups is 1. The third kappa shape index (κ3) is 3.96. The van der Waals surface area contributed by atoms with E-state index in [9.17, 15) is 4.79 Å². The topological polar surface area (TPSA) is 29.1 Å². The SMILES string of the molecule is CC1(C)CCCC(NC(=O)c2ccc(Cl)cc2Br)C1. The molecule has 1 aromatic carbocycles. The summed E-state index contributed by atoms with van der Waals surface area (Å²) in [6.07, 6.45) is 4.54. The summed E-state index contributed by atoms with van der Waals surface area (Å²) in [5.41, 5.74) is 0.973. The predicted octanol–water partition coefficient (Wildman–Crippen LogP) is 4.80. The molecule has 4 heteroatoms. The summed E-state index contributed by atoms with van der Waals surface area (Å²) < 4.78 is 0.743. The third-order valence-corrected chi connectivity index (χ3v) is 4.61. The van der Waals surface area contributed by atoms with Gasteiger partial charge in [0.15, 0.2) is 0 Å². The number of amides is 1. The molecule has 1 aliphatic carbocycles. The molecule has 2 rings (SSSR count). The van der Waals surface area contributed by atoms with Crippen LogP contribution in [0.3, 0.4) is 0 Å². The minimum Gasteiger partial charge on any atom is -0.349 e. The van der Waals surface area contributed by atoms with Crippen molar-refractivity contribution in [3.8, 4) is 0 Å². The van der Waals surface area contributed by atoms with Crippen LogP contribution in [-0.4, -0.2) is 11.9 Å². The summed E-state index contributed by atoms with van der Waals surface area (Å²) in [5, 5.41) is 3.77. The van der Waals surface area contributed by atoms with Crippen molar-refractivity contribution < 1.29 is 4.79 Å². The standard InChI is InChI=1S/C15H19BrClNO/c1-15(2)7-3-4-11(9-15)18-14(19)12-6-5-10(17)8-13(12)16/h5-6,8,11H,3-4,7,9H2,1-2H3,(H,18,19). The number of hydrogen-bond donors (Lipinski definition) is 1. The molecule has 0 radical (unpaired) electrons. The molecular weight excluding hydrogens is 326 g/mol. The lowest BCUT2D eigenvalue weighted by atomic mass is 9.75. The van der Waals surface area contributed by atoms with E-state index in [1.165, 1.54) is 12.8 Å². The second-order valence-corrected chi connectivity index (χ2v) is 7.35. The molecule has 0 saturated heterocycles. The molecule has 0 aromatic heterocycles. The summed E-state index contributed by atoms with van der Waals surface area (Å²) in [4.78, 5) is 12.3. The lowest BCUT2D eigenvalue weighted by Gasteiger charge is -2.35. The summed E-state index contributed by atoms with van der Waals surface area (Å²) in [6.45, 7) is 4.53. The number of rotatable bonds is 2. The normalized spacial score (nSPS) is 22.0. The van der Waals surface area contributed by atoms with Gasteiger partial charge in [0.2, 0.25) is 0 Å². The fourth-order valence-electron chi connectivity index (χ4n) is 2.76. The molecule has 0 heterocycles. The van der Waals surface area contributed by atoms with Gasteiger partial charge in [-0.1, -0.05) is 31.9 Å². The number of hydrogen-bond acceptors (Lipinski definition) is 1. The number of nitrogens with one attached hydrogen (secondary N) is 1. The Bertz CT molecular complexity index is 487. The Labute approximate surface area is 128 Å². The van der Waals surface area contributed by atoms with E-state index >= 15 is 0 Å². The smallest absolute Gasteiger partial charge is 0.252 e. The van der Waals surface area contributed by atoms with Crippen LogP contribution in [0.2, 0.25) is 5.02 Å². The van der Waals surface area contributed by atoms with Crippen molar-refractivity contribution in [3.63, 3.8) is 0 Å². The minimum absolute atomic E-state index is 0.0220. The highest BCUT2D eigenvalue weighted by molar-refractivity contribution is 9.10. The van der Waals surface area contributed by atoms with E-state index in [-0.39, 0.29) is 11.9 Å². The molecule has 1 N–H and O–H groups in total. The highest BCUT2D eigenvalue weighted by Crippen LogP contribution is 2.35. The first-order chi connectivity index (χ1) is 8.87. The largest absolute Gasteiger partial charge is 0.349 e. The zero-order valence-corrected chi connectivity index (χ0v) is 13.6. The number of benzene rings is 1. The molecule has 104 valence electrons. The van der Waals surface area contributed by atoms with Crippen LogP contribution in [0.4, 0.5) is 0 Å². The quantitative estimate of drug-likeness (QED) is 0.820. The molecule has 1 amide bonds. The Morgan fingerprint density at radius 3 is 2.84 bits per heavy atom. The van der Waals surface area contributed by atoms with Gasteiger partial charge in [0, 0.05) is 15.5 Å². The van der Waals surface area contributed by atoms with Gasteiger partial charge in [-0.3, -0.25) is 4.79 Å². The molecular formula is C15H19BrClNO. The highest BCUT2D eigenvalue weighted by Gasteiger charge is 2.29. The zero-order chi connectivity index (χ0) is 14.0. The molecule has 1 aromatic rings. The molecule has 1 fully saturated rings. The van der Waals surface area contributed by atoms with E-state index in [0.717, 1.165) is 17.3 Å². The molecule has 1 aliphatic rings. The van der Waals surface area contributed by atoms with Crippen molar-refractivity contribution in [2.45, 2.75) is 45.6 Å². The molecule has 1 atom stereocenters. The van der Waals surface area contributed by atoms with Crippen molar-refractivity contribution in [3.05, 3.63) is 33.3 Å². The monoisotopic (exact) mass is 343 g/mol. The highest BCUT2D eigenvalue weighted by atomic mass is 79.9. The van der Waals surface area contributed by atoms with E-state index in [2.05, 4.69) is 35.1 Å². The first kappa shape index (κ1) is 14.9. The fraction of sp³-hybridized carbons (Fsp3) is 0.533. The van der Waals surface area contributed by atoms with E-state index in [1.54, 1.807) is 18.2 Å². The predicted molar refractivity (Wildman–Crippen MR) is 82.7 cm³/mol. The second-order valence-electron chi connectivity index (χ2n) is 6.06. The van der Waals surface area contributed by atoms with Gasteiger partial charge in [0.25, 0.3) is 5.91 Å². The first-order valence-corrected chi connectivity index (χ1v) is 7.80. The van der Waals surface area contributed by atoms with E-state index < -0.39 is 0 Å². The van der Waals surface area contributed by atoms with Crippen molar-refractivity contribution in [2.24, 2.45) is 5.41 Å². The van der Waals surface area contributed by atoms with Gasteiger partial charge in [-0.15, -0.1) is 0 Å². The maximum Gasteiger partial charge on any atom is 0.252 e. The van der Waals surface area contributed by atoms with E-state index in [1.807, 2.05) is 0 Å². The maximum atomic E-state index is 12.3. The summed E-state index contributed by atoms with van der Waals surface area (Å²) >= 11 is 9.28. The van der Waals surface area contributed by atoms with Crippen LogP contribution < -0.4 is 5.32 Å². The Morgan fingerprint density at radius 1 is 1.47 bits per heavy atom. The molecule has 0 aliphatic heterocycles. The van der Waals surface area contributed by atoms with Crippen molar-refractivity contribution in [1.29, 1.82) is 0 Å². The van der Waals surface area contributed by atoms with Crippen LogP contribution in [-0.2, 0) is 0 Å². The van der Waals surface area contributed by atoms with E-state index in [0.29, 0.717) is 16.0 Å². The van der Waals surface area contributed by atoms with E-state index in [4.69, 9.17) is 11.6 Å². The Morgan fingerprint density at radius 2 is 2.21 bits per heavy atom. The molecule has 2 nitrogen and oxygen atoms in total. The van der Waals surface area contributed by atoms with Gasteiger partial charge < -0.3 is 5.32 Å². The number of halogens is 2. The van der Waals surface area contributed by atoms with Gasteiger partial charge >= 0.3 is 0 Å². The average Bonchev–Trinajstić information content (AvgIpc) is 2.27.